The normalized spacial score (nSPS) is 24.7. The topological polar surface area (TPSA) is 25.8 Å². The van der Waals surface area contributed by atoms with Crippen molar-refractivity contribution in [1.29, 1.82) is 0 Å². The molecule has 1 aromatic heterocycles. The van der Waals surface area contributed by atoms with Crippen LogP contribution in [-0.2, 0) is 12.8 Å². The first-order valence-corrected chi connectivity index (χ1v) is 16.6. The van der Waals surface area contributed by atoms with Crippen molar-refractivity contribution in [3.05, 3.63) is 23.8 Å². The van der Waals surface area contributed by atoms with E-state index < -0.39 is 0 Å². The molecular formula is C34H60N2. The Balaban J connectivity index is 1.22. The summed E-state index contributed by atoms with van der Waals surface area (Å²) in [5, 5.41) is 0. The van der Waals surface area contributed by atoms with Gasteiger partial charge in [0.2, 0.25) is 0 Å². The second-order valence-electron chi connectivity index (χ2n) is 12.7. The molecule has 0 bridgehead atoms. The fourth-order valence-corrected chi connectivity index (χ4v) is 7.19. The Kier molecular flexibility index (Phi) is 15.1. The molecule has 1 aromatic rings. The molecule has 1 heterocycles. The molecule has 2 heteroatoms. The third-order valence-electron chi connectivity index (χ3n) is 9.77. The highest BCUT2D eigenvalue weighted by Crippen LogP contribution is 2.43. The van der Waals surface area contributed by atoms with Gasteiger partial charge < -0.3 is 0 Å². The van der Waals surface area contributed by atoms with Gasteiger partial charge in [-0.2, -0.15) is 0 Å². The molecule has 0 N–H and O–H groups in total. The fourth-order valence-electron chi connectivity index (χ4n) is 7.19. The SMILES string of the molecule is CCCCCCCCCc1cnc(CCC2CCC(C3CCC(CCCCCCC)CC3)CC2)nc1. The monoisotopic (exact) mass is 496 g/mol. The minimum absolute atomic E-state index is 0.914. The number of hydrogen-bond donors (Lipinski definition) is 0. The summed E-state index contributed by atoms with van der Waals surface area (Å²) < 4.78 is 0. The summed E-state index contributed by atoms with van der Waals surface area (Å²) in [5.74, 6) is 5.13. The molecular weight excluding hydrogens is 436 g/mol. The molecule has 2 nitrogen and oxygen atoms in total. The highest BCUT2D eigenvalue weighted by atomic mass is 14.9. The summed E-state index contributed by atoms with van der Waals surface area (Å²) in [5.41, 5.74) is 1.33. The van der Waals surface area contributed by atoms with Gasteiger partial charge in [0.05, 0.1) is 0 Å². The molecule has 2 aliphatic rings. The van der Waals surface area contributed by atoms with E-state index in [0.717, 1.165) is 42.3 Å². The van der Waals surface area contributed by atoms with Gasteiger partial charge in [0.1, 0.15) is 5.82 Å². The van der Waals surface area contributed by atoms with Gasteiger partial charge in [0.15, 0.2) is 0 Å². The van der Waals surface area contributed by atoms with E-state index in [9.17, 15) is 0 Å². The third-order valence-corrected chi connectivity index (χ3v) is 9.77. The molecule has 206 valence electrons. The lowest BCUT2D eigenvalue weighted by atomic mass is 9.68. The van der Waals surface area contributed by atoms with Crippen LogP contribution in [0.25, 0.3) is 0 Å². The molecule has 2 fully saturated rings. The van der Waals surface area contributed by atoms with E-state index in [1.807, 2.05) is 0 Å². The van der Waals surface area contributed by atoms with Gasteiger partial charge in [-0.15, -0.1) is 0 Å². The lowest BCUT2D eigenvalue weighted by molar-refractivity contribution is 0.140. The standard InChI is InChI=1S/C34H60N2/c1-3-5-7-9-10-12-14-16-31-27-35-34(36-28-31)26-21-30-19-24-33(25-20-30)32-22-17-29(18-23-32)15-13-11-8-6-4-2/h27-30,32-33H,3-26H2,1-2H3. The van der Waals surface area contributed by atoms with Crippen LogP contribution < -0.4 is 0 Å². The number of rotatable bonds is 18. The van der Waals surface area contributed by atoms with Crippen molar-refractivity contribution in [3.8, 4) is 0 Å². The zero-order valence-corrected chi connectivity index (χ0v) is 24.3. The summed E-state index contributed by atoms with van der Waals surface area (Å²) in [6, 6.07) is 0. The van der Waals surface area contributed by atoms with Crippen LogP contribution in [0.1, 0.15) is 166 Å². The van der Waals surface area contributed by atoms with Crippen LogP contribution in [0, 0.1) is 23.7 Å². The Morgan fingerprint density at radius 1 is 0.528 bits per heavy atom. The van der Waals surface area contributed by atoms with E-state index in [0.29, 0.717) is 0 Å². The van der Waals surface area contributed by atoms with Crippen LogP contribution in [-0.4, -0.2) is 9.97 Å². The highest BCUT2D eigenvalue weighted by Gasteiger charge is 2.30. The summed E-state index contributed by atoms with van der Waals surface area (Å²) in [6.07, 6.45) is 38.1. The van der Waals surface area contributed by atoms with Crippen molar-refractivity contribution >= 4 is 0 Å². The van der Waals surface area contributed by atoms with Crippen molar-refractivity contribution in [1.82, 2.24) is 9.97 Å². The van der Waals surface area contributed by atoms with Crippen LogP contribution in [0.4, 0.5) is 0 Å². The first kappa shape index (κ1) is 29.6. The molecule has 3 rings (SSSR count). The Labute approximate surface area is 225 Å². The Morgan fingerprint density at radius 2 is 1.00 bits per heavy atom. The zero-order valence-electron chi connectivity index (χ0n) is 24.3. The first-order valence-electron chi connectivity index (χ1n) is 16.6. The number of unbranched alkanes of at least 4 members (excludes halogenated alkanes) is 10. The highest BCUT2D eigenvalue weighted by molar-refractivity contribution is 5.05. The molecule has 0 aromatic carbocycles. The number of hydrogen-bond acceptors (Lipinski definition) is 2. The van der Waals surface area contributed by atoms with Crippen LogP contribution in [0.3, 0.4) is 0 Å². The maximum atomic E-state index is 4.72. The third kappa shape index (κ3) is 11.6. The quantitative estimate of drug-likeness (QED) is 0.189. The van der Waals surface area contributed by atoms with Crippen molar-refractivity contribution in [3.63, 3.8) is 0 Å². The summed E-state index contributed by atoms with van der Waals surface area (Å²) in [4.78, 5) is 9.45. The molecule has 0 radical (unpaired) electrons. The fraction of sp³-hybridized carbons (Fsp3) is 0.882. The van der Waals surface area contributed by atoms with Crippen LogP contribution in [0.2, 0.25) is 0 Å². The molecule has 0 saturated heterocycles. The van der Waals surface area contributed by atoms with Gasteiger partial charge in [-0.3, -0.25) is 0 Å². The average molecular weight is 497 g/mol. The average Bonchev–Trinajstić information content (AvgIpc) is 2.93. The molecule has 0 aliphatic heterocycles. The predicted octanol–water partition coefficient (Wildman–Crippen LogP) is 10.7. The molecule has 36 heavy (non-hydrogen) atoms. The second-order valence-corrected chi connectivity index (χ2v) is 12.7. The van der Waals surface area contributed by atoms with E-state index in [1.165, 1.54) is 147 Å². The van der Waals surface area contributed by atoms with Crippen molar-refractivity contribution in [2.75, 3.05) is 0 Å². The largest absolute Gasteiger partial charge is 0.241 e. The minimum atomic E-state index is 0.914. The van der Waals surface area contributed by atoms with Crippen molar-refractivity contribution < 1.29 is 0 Å². The molecule has 0 spiro atoms. The number of aryl methyl sites for hydroxylation is 2. The van der Waals surface area contributed by atoms with Gasteiger partial charge in [0, 0.05) is 18.8 Å². The maximum Gasteiger partial charge on any atom is 0.128 e. The summed E-state index contributed by atoms with van der Waals surface area (Å²) in [6.45, 7) is 4.61. The van der Waals surface area contributed by atoms with Gasteiger partial charge in [-0.05, 0) is 74.2 Å². The lowest BCUT2D eigenvalue weighted by Crippen LogP contribution is -2.26. The van der Waals surface area contributed by atoms with E-state index >= 15 is 0 Å². The Morgan fingerprint density at radius 3 is 1.56 bits per heavy atom. The smallest absolute Gasteiger partial charge is 0.128 e. The lowest BCUT2D eigenvalue weighted by Gasteiger charge is -2.38. The van der Waals surface area contributed by atoms with Crippen molar-refractivity contribution in [2.45, 2.75) is 168 Å². The molecule has 2 aliphatic carbocycles. The number of aromatic nitrogens is 2. The molecule has 0 unspecified atom stereocenters. The van der Waals surface area contributed by atoms with Gasteiger partial charge in [-0.25, -0.2) is 9.97 Å². The first-order chi connectivity index (χ1) is 17.8. The van der Waals surface area contributed by atoms with E-state index in [4.69, 9.17) is 9.97 Å². The van der Waals surface area contributed by atoms with Crippen molar-refractivity contribution in [2.24, 2.45) is 23.7 Å². The Hall–Kier alpha value is -0.920. The predicted molar refractivity (Wildman–Crippen MR) is 156 cm³/mol. The van der Waals surface area contributed by atoms with E-state index in [-0.39, 0.29) is 0 Å². The summed E-state index contributed by atoms with van der Waals surface area (Å²) >= 11 is 0. The second kappa shape index (κ2) is 18.4. The molecule has 0 atom stereocenters. The summed E-state index contributed by atoms with van der Waals surface area (Å²) in [7, 11) is 0. The minimum Gasteiger partial charge on any atom is -0.241 e. The number of nitrogens with zero attached hydrogens (tertiary/aromatic N) is 2. The van der Waals surface area contributed by atoms with E-state index in [2.05, 4.69) is 26.2 Å². The Bertz CT molecular complexity index is 638. The van der Waals surface area contributed by atoms with Crippen LogP contribution in [0.5, 0.6) is 0 Å². The maximum absolute atomic E-state index is 4.72. The molecule has 2 saturated carbocycles. The van der Waals surface area contributed by atoms with Crippen LogP contribution in [0.15, 0.2) is 12.4 Å². The van der Waals surface area contributed by atoms with Gasteiger partial charge in [0.25, 0.3) is 0 Å². The zero-order chi connectivity index (χ0) is 25.3. The van der Waals surface area contributed by atoms with Crippen LogP contribution >= 0.6 is 0 Å². The van der Waals surface area contributed by atoms with Gasteiger partial charge >= 0.3 is 0 Å². The van der Waals surface area contributed by atoms with E-state index in [1.54, 1.807) is 0 Å². The van der Waals surface area contributed by atoms with Gasteiger partial charge in [-0.1, -0.05) is 117 Å². The molecule has 0 amide bonds.